The number of carbonyl (C=O) groups is 1. The van der Waals surface area contributed by atoms with Crippen LogP contribution < -0.4 is 5.32 Å². The average molecular weight is 231 g/mol. The zero-order valence-corrected chi connectivity index (χ0v) is 8.99. The molecule has 15 heavy (non-hydrogen) atoms. The number of amides is 1. The predicted molar refractivity (Wildman–Crippen MR) is 56.1 cm³/mol. The molecule has 5 nitrogen and oxygen atoms in total. The highest BCUT2D eigenvalue weighted by Gasteiger charge is 2.22. The molecular formula is C9H13NO4S. The quantitative estimate of drug-likeness (QED) is 0.614. The first-order valence-corrected chi connectivity index (χ1v) is 5.26. The van der Waals surface area contributed by atoms with E-state index in [1.165, 1.54) is 11.3 Å². The summed E-state index contributed by atoms with van der Waals surface area (Å²) >= 11 is 1.33. The summed E-state index contributed by atoms with van der Waals surface area (Å²) in [7, 11) is 0. The Labute approximate surface area is 91.0 Å². The van der Waals surface area contributed by atoms with Crippen LogP contribution in [0.3, 0.4) is 0 Å². The molecule has 0 aliphatic carbocycles. The molecule has 0 aliphatic rings. The molecule has 0 aliphatic heterocycles. The minimum atomic E-state index is -1.26. The Kier molecular flexibility index (Phi) is 4.07. The molecule has 0 fully saturated rings. The summed E-state index contributed by atoms with van der Waals surface area (Å²) in [6.07, 6.45) is -2.27. The highest BCUT2D eigenvalue weighted by molar-refractivity contribution is 7.10. The van der Waals surface area contributed by atoms with Gasteiger partial charge in [0.15, 0.2) is 0 Å². The summed E-state index contributed by atoms with van der Waals surface area (Å²) in [5, 5.41) is 31.1. The van der Waals surface area contributed by atoms with E-state index in [-0.39, 0.29) is 0 Å². The number of nitrogens with one attached hydrogen (secondary N) is 1. The minimum absolute atomic E-state index is 0.440. The number of carboxylic acid groups (broad SMARTS) is 1. The lowest BCUT2D eigenvalue weighted by Gasteiger charge is -2.19. The van der Waals surface area contributed by atoms with E-state index in [4.69, 9.17) is 10.2 Å². The molecule has 0 saturated carbocycles. The Balaban J connectivity index is 2.72. The van der Waals surface area contributed by atoms with Gasteiger partial charge in [-0.25, -0.2) is 4.79 Å². The summed E-state index contributed by atoms with van der Waals surface area (Å²) in [6, 6.07) is 0.877. The third kappa shape index (κ3) is 3.19. The van der Waals surface area contributed by atoms with E-state index in [0.29, 0.717) is 4.88 Å². The summed E-state index contributed by atoms with van der Waals surface area (Å²) in [5.74, 6) is 0. The lowest BCUT2D eigenvalue weighted by atomic mass is 10.1. The molecule has 0 radical (unpaired) electrons. The van der Waals surface area contributed by atoms with Crippen molar-refractivity contribution in [3.05, 3.63) is 21.9 Å². The molecule has 4 N–H and O–H groups in total. The second kappa shape index (κ2) is 5.11. The Morgan fingerprint density at radius 2 is 2.33 bits per heavy atom. The van der Waals surface area contributed by atoms with Crippen LogP contribution in [0.25, 0.3) is 0 Å². The first-order chi connectivity index (χ1) is 7.04. The molecule has 84 valence electrons. The lowest BCUT2D eigenvalue weighted by molar-refractivity contribution is 0.0891. The van der Waals surface area contributed by atoms with E-state index in [2.05, 4.69) is 5.32 Å². The molecule has 1 aromatic rings. The van der Waals surface area contributed by atoms with Crippen LogP contribution in [-0.2, 0) is 0 Å². The topological polar surface area (TPSA) is 89.8 Å². The summed E-state index contributed by atoms with van der Waals surface area (Å²) < 4.78 is 0. The van der Waals surface area contributed by atoms with E-state index >= 15 is 0 Å². The van der Waals surface area contributed by atoms with Crippen molar-refractivity contribution in [3.63, 3.8) is 0 Å². The van der Waals surface area contributed by atoms with Crippen molar-refractivity contribution < 1.29 is 20.1 Å². The Bertz CT molecular complexity index is 339. The van der Waals surface area contributed by atoms with Crippen LogP contribution in [0, 0.1) is 6.92 Å². The molecule has 0 aromatic carbocycles. The van der Waals surface area contributed by atoms with E-state index in [1.54, 1.807) is 6.07 Å². The molecule has 1 aromatic heterocycles. The Hall–Kier alpha value is -1.11. The van der Waals surface area contributed by atoms with E-state index in [9.17, 15) is 9.90 Å². The number of aliphatic hydroxyl groups is 2. The SMILES string of the molecule is Cc1csc([C@H](O)[C@@H](CO)NC(=O)O)c1. The molecular weight excluding hydrogens is 218 g/mol. The average Bonchev–Trinajstić information content (AvgIpc) is 2.60. The van der Waals surface area contributed by atoms with Crippen molar-refractivity contribution in [1.82, 2.24) is 5.32 Å². The van der Waals surface area contributed by atoms with Crippen molar-refractivity contribution in [2.24, 2.45) is 0 Å². The zero-order chi connectivity index (χ0) is 11.4. The molecule has 2 atom stereocenters. The summed E-state index contributed by atoms with van der Waals surface area (Å²) in [6.45, 7) is 1.44. The van der Waals surface area contributed by atoms with Gasteiger partial charge >= 0.3 is 6.09 Å². The van der Waals surface area contributed by atoms with Gasteiger partial charge in [-0.1, -0.05) is 0 Å². The number of aliphatic hydroxyl groups excluding tert-OH is 2. The highest BCUT2D eigenvalue weighted by Crippen LogP contribution is 2.24. The van der Waals surface area contributed by atoms with Gasteiger partial charge in [-0.3, -0.25) is 0 Å². The van der Waals surface area contributed by atoms with Crippen LogP contribution in [0.15, 0.2) is 11.4 Å². The largest absolute Gasteiger partial charge is 0.465 e. The van der Waals surface area contributed by atoms with Crippen molar-refractivity contribution in [2.45, 2.75) is 19.1 Å². The molecule has 1 amide bonds. The van der Waals surface area contributed by atoms with Crippen molar-refractivity contribution >= 4 is 17.4 Å². The smallest absolute Gasteiger partial charge is 0.405 e. The Morgan fingerprint density at radius 3 is 2.73 bits per heavy atom. The summed E-state index contributed by atoms with van der Waals surface area (Å²) in [4.78, 5) is 11.0. The predicted octanol–water partition coefficient (Wildman–Crippen LogP) is 0.718. The van der Waals surface area contributed by atoms with E-state index in [0.717, 1.165) is 5.56 Å². The molecule has 0 spiro atoms. The van der Waals surface area contributed by atoms with Gasteiger partial charge in [0.2, 0.25) is 0 Å². The monoisotopic (exact) mass is 231 g/mol. The fourth-order valence-corrected chi connectivity index (χ4v) is 2.14. The van der Waals surface area contributed by atoms with Crippen LogP contribution in [0.5, 0.6) is 0 Å². The maximum atomic E-state index is 10.4. The van der Waals surface area contributed by atoms with Gasteiger partial charge in [0.05, 0.1) is 12.6 Å². The number of hydrogen-bond acceptors (Lipinski definition) is 4. The van der Waals surface area contributed by atoms with Crippen LogP contribution in [-0.4, -0.2) is 34.1 Å². The first-order valence-electron chi connectivity index (χ1n) is 4.38. The van der Waals surface area contributed by atoms with Gasteiger partial charge < -0.3 is 20.6 Å². The van der Waals surface area contributed by atoms with Crippen molar-refractivity contribution in [1.29, 1.82) is 0 Å². The van der Waals surface area contributed by atoms with E-state index < -0.39 is 24.8 Å². The first kappa shape index (κ1) is 12.0. The Morgan fingerprint density at radius 1 is 1.67 bits per heavy atom. The van der Waals surface area contributed by atoms with Crippen LogP contribution >= 0.6 is 11.3 Å². The molecule has 1 rings (SSSR count). The summed E-state index contributed by atoms with van der Waals surface area (Å²) in [5.41, 5.74) is 1.00. The van der Waals surface area contributed by atoms with Gasteiger partial charge in [-0.2, -0.15) is 0 Å². The zero-order valence-electron chi connectivity index (χ0n) is 8.17. The molecule has 0 bridgehead atoms. The van der Waals surface area contributed by atoms with Crippen LogP contribution in [0.4, 0.5) is 4.79 Å². The van der Waals surface area contributed by atoms with Gasteiger partial charge in [0.25, 0.3) is 0 Å². The lowest BCUT2D eigenvalue weighted by Crippen LogP contribution is -2.40. The third-order valence-electron chi connectivity index (χ3n) is 1.93. The number of thiophene rings is 1. The number of hydrogen-bond donors (Lipinski definition) is 4. The maximum Gasteiger partial charge on any atom is 0.405 e. The van der Waals surface area contributed by atoms with Gasteiger partial charge in [-0.15, -0.1) is 11.3 Å². The van der Waals surface area contributed by atoms with Crippen LogP contribution in [0.2, 0.25) is 0 Å². The van der Waals surface area contributed by atoms with E-state index in [1.807, 2.05) is 12.3 Å². The molecule has 0 unspecified atom stereocenters. The standard InChI is InChI=1S/C9H13NO4S/c1-5-2-7(15-4-5)8(12)6(3-11)10-9(13)14/h2,4,6,8,10-12H,3H2,1H3,(H,13,14)/t6-,8-/m1/s1. The number of rotatable bonds is 4. The van der Waals surface area contributed by atoms with Crippen molar-refractivity contribution in [3.8, 4) is 0 Å². The molecule has 0 saturated heterocycles. The van der Waals surface area contributed by atoms with Gasteiger partial charge in [-0.05, 0) is 23.9 Å². The fraction of sp³-hybridized carbons (Fsp3) is 0.444. The highest BCUT2D eigenvalue weighted by atomic mass is 32.1. The maximum absolute atomic E-state index is 10.4. The third-order valence-corrected chi connectivity index (χ3v) is 3.05. The second-order valence-electron chi connectivity index (χ2n) is 3.21. The number of aryl methyl sites for hydroxylation is 1. The molecule has 1 heterocycles. The second-order valence-corrected chi connectivity index (χ2v) is 4.15. The van der Waals surface area contributed by atoms with Crippen LogP contribution in [0.1, 0.15) is 16.5 Å². The minimum Gasteiger partial charge on any atom is -0.465 e. The fourth-order valence-electron chi connectivity index (χ4n) is 1.19. The van der Waals surface area contributed by atoms with Gasteiger partial charge in [0.1, 0.15) is 6.10 Å². The normalized spacial score (nSPS) is 14.6. The van der Waals surface area contributed by atoms with Gasteiger partial charge in [0, 0.05) is 4.88 Å². The van der Waals surface area contributed by atoms with Crippen molar-refractivity contribution in [2.75, 3.05) is 6.61 Å². The molecule has 6 heteroatoms.